The van der Waals surface area contributed by atoms with Gasteiger partial charge >= 0.3 is 0 Å². The number of thiophene rings is 1. The summed E-state index contributed by atoms with van der Waals surface area (Å²) < 4.78 is 0. The van der Waals surface area contributed by atoms with E-state index < -0.39 is 0 Å². The maximum absolute atomic E-state index is 12.4. The predicted molar refractivity (Wildman–Crippen MR) is 93.9 cm³/mol. The normalized spacial score (nSPS) is 16.0. The highest BCUT2D eigenvalue weighted by molar-refractivity contribution is 7.10. The van der Waals surface area contributed by atoms with Gasteiger partial charge in [-0.25, -0.2) is 0 Å². The summed E-state index contributed by atoms with van der Waals surface area (Å²) in [6.45, 7) is 8.71. The van der Waals surface area contributed by atoms with E-state index in [-0.39, 0.29) is 5.91 Å². The molecule has 1 atom stereocenters. The van der Waals surface area contributed by atoms with E-state index in [1.54, 1.807) is 0 Å². The zero-order chi connectivity index (χ0) is 16.4. The number of nitrogens with one attached hydrogen (secondary N) is 1. The number of pyridine rings is 1. The number of carbonyl (C=O) groups is 1. The van der Waals surface area contributed by atoms with Gasteiger partial charge in [-0.15, -0.1) is 11.3 Å². The SMILES string of the molecule is Cc1ccc(C(=O)NCC(C)N2CCc3sccc3C2)c(C)n1. The maximum Gasteiger partial charge on any atom is 0.253 e. The molecule has 1 unspecified atom stereocenters. The van der Waals surface area contributed by atoms with Gasteiger partial charge in [0.05, 0.1) is 11.3 Å². The van der Waals surface area contributed by atoms with Crippen molar-refractivity contribution in [3.8, 4) is 0 Å². The molecule has 0 aliphatic carbocycles. The Morgan fingerprint density at radius 3 is 3.00 bits per heavy atom. The number of nitrogens with zero attached hydrogens (tertiary/aromatic N) is 2. The van der Waals surface area contributed by atoms with E-state index in [0.717, 1.165) is 30.9 Å². The van der Waals surface area contributed by atoms with Gasteiger partial charge in [0.2, 0.25) is 0 Å². The molecule has 122 valence electrons. The zero-order valence-electron chi connectivity index (χ0n) is 13.9. The van der Waals surface area contributed by atoms with Gasteiger partial charge in [-0.05, 0) is 56.3 Å². The van der Waals surface area contributed by atoms with Gasteiger partial charge in [0.15, 0.2) is 0 Å². The first kappa shape index (κ1) is 16.1. The van der Waals surface area contributed by atoms with Gasteiger partial charge in [-0.1, -0.05) is 0 Å². The second kappa shape index (κ2) is 6.81. The smallest absolute Gasteiger partial charge is 0.253 e. The van der Waals surface area contributed by atoms with Gasteiger partial charge in [-0.3, -0.25) is 14.7 Å². The molecule has 1 aliphatic heterocycles. The van der Waals surface area contributed by atoms with Crippen molar-refractivity contribution in [1.29, 1.82) is 0 Å². The van der Waals surface area contributed by atoms with Crippen LogP contribution in [0.15, 0.2) is 23.6 Å². The number of amides is 1. The number of aromatic nitrogens is 1. The highest BCUT2D eigenvalue weighted by atomic mass is 32.1. The van der Waals surface area contributed by atoms with Gasteiger partial charge in [0, 0.05) is 36.2 Å². The molecule has 0 saturated carbocycles. The molecular formula is C18H23N3OS. The molecule has 3 rings (SSSR count). The number of fused-ring (bicyclic) bond motifs is 1. The number of rotatable bonds is 4. The number of hydrogen-bond acceptors (Lipinski definition) is 4. The molecule has 0 saturated heterocycles. The van der Waals surface area contributed by atoms with Crippen LogP contribution in [-0.4, -0.2) is 34.9 Å². The lowest BCUT2D eigenvalue weighted by Gasteiger charge is -2.32. The van der Waals surface area contributed by atoms with E-state index in [9.17, 15) is 4.79 Å². The van der Waals surface area contributed by atoms with Crippen LogP contribution < -0.4 is 5.32 Å². The minimum atomic E-state index is -0.0323. The molecule has 2 aromatic rings. The summed E-state index contributed by atoms with van der Waals surface area (Å²) in [4.78, 5) is 20.7. The van der Waals surface area contributed by atoms with Crippen LogP contribution >= 0.6 is 11.3 Å². The number of carbonyl (C=O) groups excluding carboxylic acids is 1. The van der Waals surface area contributed by atoms with Gasteiger partial charge in [-0.2, -0.15) is 0 Å². The summed E-state index contributed by atoms with van der Waals surface area (Å²) in [5.74, 6) is -0.0323. The fraction of sp³-hybridized carbons (Fsp3) is 0.444. The summed E-state index contributed by atoms with van der Waals surface area (Å²) in [5, 5.41) is 5.23. The van der Waals surface area contributed by atoms with Crippen molar-refractivity contribution in [2.24, 2.45) is 0 Å². The third kappa shape index (κ3) is 3.62. The minimum absolute atomic E-state index is 0.0323. The van der Waals surface area contributed by atoms with Crippen molar-refractivity contribution in [3.63, 3.8) is 0 Å². The van der Waals surface area contributed by atoms with E-state index in [4.69, 9.17) is 0 Å². The molecule has 3 heterocycles. The summed E-state index contributed by atoms with van der Waals surface area (Å²) in [5.41, 5.74) is 3.84. The summed E-state index contributed by atoms with van der Waals surface area (Å²) in [7, 11) is 0. The van der Waals surface area contributed by atoms with Crippen LogP contribution in [-0.2, 0) is 13.0 Å². The Hall–Kier alpha value is -1.72. The second-order valence-corrected chi connectivity index (χ2v) is 7.23. The Labute approximate surface area is 141 Å². The Kier molecular flexibility index (Phi) is 4.78. The van der Waals surface area contributed by atoms with Crippen LogP contribution in [0.25, 0.3) is 0 Å². The highest BCUT2D eigenvalue weighted by Gasteiger charge is 2.22. The second-order valence-electron chi connectivity index (χ2n) is 6.23. The Balaban J connectivity index is 1.57. The molecule has 1 amide bonds. The lowest BCUT2D eigenvalue weighted by molar-refractivity contribution is 0.0931. The first-order valence-electron chi connectivity index (χ1n) is 8.06. The molecule has 0 fully saturated rings. The largest absolute Gasteiger partial charge is 0.350 e. The van der Waals surface area contributed by atoms with Gasteiger partial charge in [0.1, 0.15) is 0 Å². The van der Waals surface area contributed by atoms with E-state index in [1.165, 1.54) is 10.4 Å². The summed E-state index contributed by atoms with van der Waals surface area (Å²) in [6, 6.07) is 6.29. The third-order valence-corrected chi connectivity index (χ3v) is 5.51. The quantitative estimate of drug-likeness (QED) is 0.938. The van der Waals surface area contributed by atoms with Crippen LogP contribution in [0.3, 0.4) is 0 Å². The molecule has 5 heteroatoms. The van der Waals surface area contributed by atoms with Crippen molar-refractivity contribution in [3.05, 3.63) is 51.0 Å². The fourth-order valence-electron chi connectivity index (χ4n) is 3.04. The highest BCUT2D eigenvalue weighted by Crippen LogP contribution is 2.25. The Bertz CT molecular complexity index is 710. The lowest BCUT2D eigenvalue weighted by Crippen LogP contribution is -2.44. The monoisotopic (exact) mass is 329 g/mol. The first-order valence-corrected chi connectivity index (χ1v) is 8.94. The van der Waals surface area contributed by atoms with Crippen LogP contribution in [0.5, 0.6) is 0 Å². The van der Waals surface area contributed by atoms with Crippen LogP contribution in [0.1, 0.15) is 39.1 Å². The standard InChI is InChI=1S/C18H23N3OS/c1-12-4-5-16(14(3)20-12)18(22)19-10-13(2)21-8-6-17-15(11-21)7-9-23-17/h4-5,7,9,13H,6,8,10-11H2,1-3H3,(H,19,22). The van der Waals surface area contributed by atoms with Crippen molar-refractivity contribution >= 4 is 17.2 Å². The zero-order valence-corrected chi connectivity index (χ0v) is 14.7. The van der Waals surface area contributed by atoms with E-state index in [0.29, 0.717) is 18.2 Å². The average molecular weight is 329 g/mol. The van der Waals surface area contributed by atoms with Crippen molar-refractivity contribution < 1.29 is 4.79 Å². The van der Waals surface area contributed by atoms with Crippen molar-refractivity contribution in [2.75, 3.05) is 13.1 Å². The van der Waals surface area contributed by atoms with E-state index >= 15 is 0 Å². The number of aryl methyl sites for hydroxylation is 2. The molecule has 1 N–H and O–H groups in total. The molecule has 1 aliphatic rings. The molecule has 2 aromatic heterocycles. The first-order chi connectivity index (χ1) is 11.0. The lowest BCUT2D eigenvalue weighted by atomic mass is 10.1. The molecule has 0 radical (unpaired) electrons. The molecule has 23 heavy (non-hydrogen) atoms. The van der Waals surface area contributed by atoms with Crippen LogP contribution in [0, 0.1) is 13.8 Å². The van der Waals surface area contributed by atoms with Gasteiger partial charge in [0.25, 0.3) is 5.91 Å². The average Bonchev–Trinajstić information content (AvgIpc) is 2.99. The number of hydrogen-bond donors (Lipinski definition) is 1. The molecule has 0 bridgehead atoms. The fourth-order valence-corrected chi connectivity index (χ4v) is 3.93. The van der Waals surface area contributed by atoms with Crippen LogP contribution in [0.2, 0.25) is 0 Å². The maximum atomic E-state index is 12.4. The van der Waals surface area contributed by atoms with Gasteiger partial charge < -0.3 is 5.32 Å². The minimum Gasteiger partial charge on any atom is -0.350 e. The summed E-state index contributed by atoms with van der Waals surface area (Å²) >= 11 is 1.85. The third-order valence-electron chi connectivity index (χ3n) is 4.49. The molecule has 0 aromatic carbocycles. The molecule has 4 nitrogen and oxygen atoms in total. The van der Waals surface area contributed by atoms with Crippen molar-refractivity contribution in [1.82, 2.24) is 15.2 Å². The van der Waals surface area contributed by atoms with Crippen molar-refractivity contribution in [2.45, 2.75) is 39.8 Å². The molecular weight excluding hydrogens is 306 g/mol. The topological polar surface area (TPSA) is 45.2 Å². The van der Waals surface area contributed by atoms with Crippen LogP contribution in [0.4, 0.5) is 0 Å². The predicted octanol–water partition coefficient (Wildman–Crippen LogP) is 2.94. The molecule has 0 spiro atoms. The Morgan fingerprint density at radius 1 is 1.39 bits per heavy atom. The van der Waals surface area contributed by atoms with E-state index in [2.05, 4.69) is 33.6 Å². The summed E-state index contributed by atoms with van der Waals surface area (Å²) in [6.07, 6.45) is 1.12. The van der Waals surface area contributed by atoms with E-state index in [1.807, 2.05) is 37.3 Å². The Morgan fingerprint density at radius 2 is 2.22 bits per heavy atom.